The highest BCUT2D eigenvalue weighted by atomic mass is 32.2. The van der Waals surface area contributed by atoms with Crippen LogP contribution in [-0.2, 0) is 14.3 Å². The number of morpholine rings is 1. The van der Waals surface area contributed by atoms with Crippen molar-refractivity contribution in [2.45, 2.75) is 26.3 Å². The molecule has 3 N–H and O–H groups in total. The zero-order chi connectivity index (χ0) is 15.7. The molecule has 0 bridgehead atoms. The van der Waals surface area contributed by atoms with Gasteiger partial charge >= 0.3 is 0 Å². The SMILES string of the molecule is CC(C)CC(CN)NC(=O)CSCC(=O)N1CCOCC1. The van der Waals surface area contributed by atoms with E-state index in [2.05, 4.69) is 19.2 Å². The van der Waals surface area contributed by atoms with Crippen LogP contribution in [0.2, 0.25) is 0 Å². The van der Waals surface area contributed by atoms with Gasteiger partial charge in [0.05, 0.1) is 24.7 Å². The predicted octanol–water partition coefficient (Wildman–Crippen LogP) is 0.0680. The lowest BCUT2D eigenvalue weighted by Crippen LogP contribution is -2.43. The Hall–Kier alpha value is -0.790. The number of ether oxygens (including phenoxy) is 1. The summed E-state index contributed by atoms with van der Waals surface area (Å²) in [6, 6.07) is 0.0213. The number of nitrogens with one attached hydrogen (secondary N) is 1. The van der Waals surface area contributed by atoms with Gasteiger partial charge in [-0.2, -0.15) is 0 Å². The minimum Gasteiger partial charge on any atom is -0.378 e. The van der Waals surface area contributed by atoms with Gasteiger partial charge < -0.3 is 20.7 Å². The number of carbonyl (C=O) groups excluding carboxylic acids is 2. The van der Waals surface area contributed by atoms with Gasteiger partial charge in [0.1, 0.15) is 0 Å². The molecule has 0 aromatic heterocycles. The first-order valence-corrected chi connectivity index (χ1v) is 8.61. The third-order valence-corrected chi connectivity index (χ3v) is 4.15. The molecular weight excluding hydrogens is 290 g/mol. The van der Waals surface area contributed by atoms with Crippen LogP contribution in [0.3, 0.4) is 0 Å². The first kappa shape index (κ1) is 18.3. The molecule has 2 amide bonds. The number of carbonyl (C=O) groups is 2. The molecule has 1 fully saturated rings. The van der Waals surface area contributed by atoms with Gasteiger partial charge in [0.15, 0.2) is 0 Å². The van der Waals surface area contributed by atoms with E-state index in [0.717, 1.165) is 6.42 Å². The fourth-order valence-electron chi connectivity index (χ4n) is 2.19. The van der Waals surface area contributed by atoms with Crippen molar-refractivity contribution in [3.63, 3.8) is 0 Å². The third kappa shape index (κ3) is 7.68. The summed E-state index contributed by atoms with van der Waals surface area (Å²) in [4.78, 5) is 25.5. The highest BCUT2D eigenvalue weighted by Gasteiger charge is 2.17. The van der Waals surface area contributed by atoms with Crippen molar-refractivity contribution in [2.75, 3.05) is 44.4 Å². The zero-order valence-corrected chi connectivity index (χ0v) is 13.8. The molecule has 1 aliphatic heterocycles. The number of hydrogen-bond donors (Lipinski definition) is 2. The lowest BCUT2D eigenvalue weighted by molar-refractivity contribution is -0.132. The number of hydrogen-bond acceptors (Lipinski definition) is 5. The zero-order valence-electron chi connectivity index (χ0n) is 13.0. The molecule has 0 aromatic carbocycles. The molecule has 0 saturated carbocycles. The summed E-state index contributed by atoms with van der Waals surface area (Å²) in [6.45, 7) is 7.15. The number of rotatable bonds is 8. The second-order valence-corrected chi connectivity index (χ2v) is 6.60. The van der Waals surface area contributed by atoms with E-state index in [1.807, 2.05) is 0 Å². The highest BCUT2D eigenvalue weighted by Crippen LogP contribution is 2.07. The summed E-state index contributed by atoms with van der Waals surface area (Å²) >= 11 is 1.35. The van der Waals surface area contributed by atoms with Crippen LogP contribution in [0.25, 0.3) is 0 Å². The number of nitrogens with zero attached hydrogens (tertiary/aromatic N) is 1. The molecule has 7 heteroatoms. The van der Waals surface area contributed by atoms with Crippen molar-refractivity contribution in [2.24, 2.45) is 11.7 Å². The molecule has 6 nitrogen and oxygen atoms in total. The van der Waals surface area contributed by atoms with Crippen molar-refractivity contribution >= 4 is 23.6 Å². The number of amides is 2. The maximum atomic E-state index is 11.9. The molecule has 0 spiro atoms. The van der Waals surface area contributed by atoms with E-state index in [9.17, 15) is 9.59 Å². The summed E-state index contributed by atoms with van der Waals surface area (Å²) in [7, 11) is 0. The van der Waals surface area contributed by atoms with Gasteiger partial charge in [0, 0.05) is 25.7 Å². The van der Waals surface area contributed by atoms with Gasteiger partial charge in [-0.1, -0.05) is 13.8 Å². The van der Waals surface area contributed by atoms with E-state index in [0.29, 0.717) is 50.3 Å². The van der Waals surface area contributed by atoms with Crippen molar-refractivity contribution in [1.82, 2.24) is 10.2 Å². The first-order chi connectivity index (χ1) is 10.0. The van der Waals surface area contributed by atoms with Crippen LogP contribution in [0.1, 0.15) is 20.3 Å². The van der Waals surface area contributed by atoms with Crippen molar-refractivity contribution in [1.29, 1.82) is 0 Å². The summed E-state index contributed by atoms with van der Waals surface area (Å²) in [6.07, 6.45) is 0.875. The summed E-state index contributed by atoms with van der Waals surface area (Å²) in [5, 5.41) is 2.92. The Morgan fingerprint density at radius 3 is 2.52 bits per heavy atom. The van der Waals surface area contributed by atoms with Crippen LogP contribution in [0.4, 0.5) is 0 Å². The average Bonchev–Trinajstić information content (AvgIpc) is 2.46. The molecule has 0 aliphatic carbocycles. The van der Waals surface area contributed by atoms with E-state index in [-0.39, 0.29) is 17.9 Å². The Bertz CT molecular complexity index is 333. The smallest absolute Gasteiger partial charge is 0.232 e. The number of nitrogens with two attached hydrogens (primary N) is 1. The van der Waals surface area contributed by atoms with Crippen molar-refractivity contribution < 1.29 is 14.3 Å². The van der Waals surface area contributed by atoms with Gasteiger partial charge in [-0.05, 0) is 12.3 Å². The highest BCUT2D eigenvalue weighted by molar-refractivity contribution is 8.00. The van der Waals surface area contributed by atoms with Gasteiger partial charge in [0.2, 0.25) is 11.8 Å². The van der Waals surface area contributed by atoms with Crippen molar-refractivity contribution in [3.8, 4) is 0 Å². The molecule has 1 heterocycles. The van der Waals surface area contributed by atoms with E-state index < -0.39 is 0 Å². The normalized spacial score (nSPS) is 16.9. The molecular formula is C14H27N3O3S. The molecule has 1 rings (SSSR count). The van der Waals surface area contributed by atoms with Gasteiger partial charge in [-0.3, -0.25) is 9.59 Å². The quantitative estimate of drug-likeness (QED) is 0.662. The molecule has 1 atom stereocenters. The molecule has 21 heavy (non-hydrogen) atoms. The fraction of sp³-hybridized carbons (Fsp3) is 0.857. The minimum absolute atomic E-state index is 0.0213. The molecule has 122 valence electrons. The second-order valence-electron chi connectivity index (χ2n) is 5.62. The van der Waals surface area contributed by atoms with Crippen molar-refractivity contribution in [3.05, 3.63) is 0 Å². The molecule has 0 aromatic rings. The number of thioether (sulfide) groups is 1. The molecule has 1 saturated heterocycles. The molecule has 1 aliphatic rings. The van der Waals surface area contributed by atoms with E-state index in [4.69, 9.17) is 10.5 Å². The van der Waals surface area contributed by atoms with E-state index >= 15 is 0 Å². The average molecular weight is 317 g/mol. The van der Waals surface area contributed by atoms with Crippen LogP contribution in [-0.4, -0.2) is 67.1 Å². The standard InChI is InChI=1S/C14H27N3O3S/c1-11(2)7-12(8-15)16-13(18)9-21-10-14(19)17-3-5-20-6-4-17/h11-12H,3-10,15H2,1-2H3,(H,16,18). The monoisotopic (exact) mass is 317 g/mol. The van der Waals surface area contributed by atoms with Crippen LogP contribution in [0.5, 0.6) is 0 Å². The summed E-state index contributed by atoms with van der Waals surface area (Å²) in [5.74, 6) is 1.16. The Morgan fingerprint density at radius 1 is 1.29 bits per heavy atom. The van der Waals surface area contributed by atoms with Gasteiger partial charge in [-0.15, -0.1) is 11.8 Å². The van der Waals surface area contributed by atoms with Crippen LogP contribution in [0.15, 0.2) is 0 Å². The molecule has 0 radical (unpaired) electrons. The minimum atomic E-state index is -0.0501. The Kier molecular flexibility index (Phi) is 8.72. The maximum Gasteiger partial charge on any atom is 0.232 e. The van der Waals surface area contributed by atoms with Gasteiger partial charge in [0.25, 0.3) is 0 Å². The summed E-state index contributed by atoms with van der Waals surface area (Å²) < 4.78 is 5.20. The van der Waals surface area contributed by atoms with Crippen LogP contribution < -0.4 is 11.1 Å². The molecule has 1 unspecified atom stereocenters. The Labute approximate surface area is 131 Å². The Morgan fingerprint density at radius 2 is 1.95 bits per heavy atom. The topological polar surface area (TPSA) is 84.7 Å². The predicted molar refractivity (Wildman–Crippen MR) is 85.2 cm³/mol. The third-order valence-electron chi connectivity index (χ3n) is 3.23. The van der Waals surface area contributed by atoms with Crippen LogP contribution >= 0.6 is 11.8 Å². The Balaban J connectivity index is 2.18. The maximum absolute atomic E-state index is 11.9. The fourth-order valence-corrected chi connectivity index (χ4v) is 2.92. The van der Waals surface area contributed by atoms with Gasteiger partial charge in [-0.25, -0.2) is 0 Å². The second kappa shape index (κ2) is 10.0. The first-order valence-electron chi connectivity index (χ1n) is 7.45. The largest absolute Gasteiger partial charge is 0.378 e. The van der Waals surface area contributed by atoms with E-state index in [1.165, 1.54) is 11.8 Å². The lowest BCUT2D eigenvalue weighted by Gasteiger charge is -2.26. The lowest BCUT2D eigenvalue weighted by atomic mass is 10.0. The van der Waals surface area contributed by atoms with Crippen LogP contribution in [0, 0.1) is 5.92 Å². The van der Waals surface area contributed by atoms with E-state index in [1.54, 1.807) is 4.90 Å². The summed E-state index contributed by atoms with van der Waals surface area (Å²) in [5.41, 5.74) is 5.65.